The highest BCUT2D eigenvalue weighted by Gasteiger charge is 2.17. The van der Waals surface area contributed by atoms with Crippen molar-refractivity contribution in [2.24, 2.45) is 5.73 Å². The number of H-pyrrole nitrogens is 1. The lowest BCUT2D eigenvalue weighted by atomic mass is 9.95. The number of nitrogens with one attached hydrogen (secondary N) is 1. The highest BCUT2D eigenvalue weighted by Crippen LogP contribution is 2.34. The van der Waals surface area contributed by atoms with Gasteiger partial charge in [-0.1, -0.05) is 0 Å². The van der Waals surface area contributed by atoms with Crippen molar-refractivity contribution in [3.05, 3.63) is 34.3 Å². The summed E-state index contributed by atoms with van der Waals surface area (Å²) < 4.78 is 5.48. The first-order valence-electron chi connectivity index (χ1n) is 6.90. The van der Waals surface area contributed by atoms with E-state index in [0.717, 1.165) is 40.5 Å². The third-order valence-corrected chi connectivity index (χ3v) is 3.78. The standard InChI is InChI=1S/C16H23N3O/c1-9-8-13(10(2)11(3)16(9)20-5)15-14(6-7-17)18-12(4)19-15/h8H,6-7,17H2,1-5H3,(H,18,19). The van der Waals surface area contributed by atoms with E-state index < -0.39 is 0 Å². The number of rotatable bonds is 4. The van der Waals surface area contributed by atoms with E-state index in [4.69, 9.17) is 10.5 Å². The van der Waals surface area contributed by atoms with Crippen LogP contribution in [0.25, 0.3) is 11.3 Å². The molecule has 3 N–H and O–H groups in total. The maximum absolute atomic E-state index is 5.69. The molecule has 0 aliphatic carbocycles. The van der Waals surface area contributed by atoms with Crippen molar-refractivity contribution in [3.8, 4) is 17.0 Å². The number of nitrogens with zero attached hydrogens (tertiary/aromatic N) is 1. The van der Waals surface area contributed by atoms with Crippen molar-refractivity contribution in [1.82, 2.24) is 9.97 Å². The Hall–Kier alpha value is -1.81. The fourth-order valence-corrected chi connectivity index (χ4v) is 2.71. The van der Waals surface area contributed by atoms with Gasteiger partial charge in [0.05, 0.1) is 12.8 Å². The monoisotopic (exact) mass is 273 g/mol. The van der Waals surface area contributed by atoms with Crippen LogP contribution in [0.5, 0.6) is 5.75 Å². The molecule has 20 heavy (non-hydrogen) atoms. The average Bonchev–Trinajstić information content (AvgIpc) is 2.76. The number of aromatic amines is 1. The highest BCUT2D eigenvalue weighted by molar-refractivity contribution is 5.71. The Kier molecular flexibility index (Phi) is 4.14. The molecule has 4 heteroatoms. The van der Waals surface area contributed by atoms with Crippen LogP contribution in [0.15, 0.2) is 6.07 Å². The number of ether oxygens (including phenoxy) is 1. The SMILES string of the molecule is COc1c(C)cc(-c2nc(C)[nH]c2CCN)c(C)c1C. The zero-order valence-corrected chi connectivity index (χ0v) is 12.9. The van der Waals surface area contributed by atoms with Gasteiger partial charge in [-0.15, -0.1) is 0 Å². The van der Waals surface area contributed by atoms with Gasteiger partial charge in [-0.2, -0.15) is 0 Å². The number of aryl methyl sites for hydroxylation is 2. The van der Waals surface area contributed by atoms with Gasteiger partial charge in [0.25, 0.3) is 0 Å². The lowest BCUT2D eigenvalue weighted by Crippen LogP contribution is -2.05. The second-order valence-electron chi connectivity index (χ2n) is 5.21. The van der Waals surface area contributed by atoms with E-state index in [9.17, 15) is 0 Å². The predicted molar refractivity (Wildman–Crippen MR) is 82.3 cm³/mol. The van der Waals surface area contributed by atoms with E-state index in [1.165, 1.54) is 11.1 Å². The van der Waals surface area contributed by atoms with Crippen LogP contribution in [-0.2, 0) is 6.42 Å². The Morgan fingerprint density at radius 1 is 1.20 bits per heavy atom. The van der Waals surface area contributed by atoms with Crippen molar-refractivity contribution in [1.29, 1.82) is 0 Å². The van der Waals surface area contributed by atoms with Crippen LogP contribution >= 0.6 is 0 Å². The molecule has 2 rings (SSSR count). The van der Waals surface area contributed by atoms with E-state index >= 15 is 0 Å². The van der Waals surface area contributed by atoms with Crippen molar-refractivity contribution >= 4 is 0 Å². The minimum absolute atomic E-state index is 0.613. The molecule has 1 aromatic heterocycles. The van der Waals surface area contributed by atoms with Crippen LogP contribution in [-0.4, -0.2) is 23.6 Å². The molecule has 2 aromatic rings. The average molecular weight is 273 g/mol. The molecule has 0 saturated heterocycles. The van der Waals surface area contributed by atoms with Gasteiger partial charge < -0.3 is 15.5 Å². The molecule has 0 aliphatic rings. The Morgan fingerprint density at radius 3 is 2.50 bits per heavy atom. The molecule has 0 atom stereocenters. The van der Waals surface area contributed by atoms with Gasteiger partial charge in [0.15, 0.2) is 0 Å². The number of hydrogen-bond donors (Lipinski definition) is 2. The van der Waals surface area contributed by atoms with Crippen molar-refractivity contribution in [2.45, 2.75) is 34.1 Å². The molecular weight excluding hydrogens is 250 g/mol. The first-order valence-corrected chi connectivity index (χ1v) is 6.90. The van der Waals surface area contributed by atoms with Crippen LogP contribution in [0, 0.1) is 27.7 Å². The zero-order chi connectivity index (χ0) is 14.9. The lowest BCUT2D eigenvalue weighted by Gasteiger charge is -2.15. The predicted octanol–water partition coefficient (Wildman–Crippen LogP) is 2.82. The molecule has 0 bridgehead atoms. The van der Waals surface area contributed by atoms with Gasteiger partial charge >= 0.3 is 0 Å². The Balaban J connectivity index is 2.64. The second-order valence-corrected chi connectivity index (χ2v) is 5.21. The molecule has 4 nitrogen and oxygen atoms in total. The highest BCUT2D eigenvalue weighted by atomic mass is 16.5. The molecule has 0 aliphatic heterocycles. The summed E-state index contributed by atoms with van der Waals surface area (Å²) >= 11 is 0. The van der Waals surface area contributed by atoms with E-state index in [0.29, 0.717) is 6.54 Å². The van der Waals surface area contributed by atoms with Crippen molar-refractivity contribution in [2.75, 3.05) is 13.7 Å². The molecule has 0 amide bonds. The maximum Gasteiger partial charge on any atom is 0.124 e. The second kappa shape index (κ2) is 5.67. The van der Waals surface area contributed by atoms with Gasteiger partial charge in [-0.25, -0.2) is 4.98 Å². The number of nitrogens with two attached hydrogens (primary N) is 1. The van der Waals surface area contributed by atoms with Crippen molar-refractivity contribution in [3.63, 3.8) is 0 Å². The molecule has 1 heterocycles. The summed E-state index contributed by atoms with van der Waals surface area (Å²) in [5, 5.41) is 0. The van der Waals surface area contributed by atoms with Crippen molar-refractivity contribution < 1.29 is 4.74 Å². The zero-order valence-electron chi connectivity index (χ0n) is 12.9. The number of methoxy groups -OCH3 is 1. The summed E-state index contributed by atoms with van der Waals surface area (Å²) in [6, 6.07) is 2.15. The quantitative estimate of drug-likeness (QED) is 0.900. The maximum atomic E-state index is 5.69. The summed E-state index contributed by atoms with van der Waals surface area (Å²) in [5.74, 6) is 1.88. The largest absolute Gasteiger partial charge is 0.496 e. The van der Waals surface area contributed by atoms with Crippen LogP contribution in [0.2, 0.25) is 0 Å². The minimum atomic E-state index is 0.613. The molecule has 0 spiro atoms. The molecular formula is C16H23N3O. The number of hydrogen-bond acceptors (Lipinski definition) is 3. The van der Waals surface area contributed by atoms with Crippen LogP contribution in [0.4, 0.5) is 0 Å². The van der Waals surface area contributed by atoms with Gasteiger partial charge in [0.1, 0.15) is 11.6 Å². The van der Waals surface area contributed by atoms with Crippen LogP contribution < -0.4 is 10.5 Å². The molecule has 108 valence electrons. The lowest BCUT2D eigenvalue weighted by molar-refractivity contribution is 0.408. The summed E-state index contributed by atoms with van der Waals surface area (Å²) in [6.45, 7) is 8.86. The fourth-order valence-electron chi connectivity index (χ4n) is 2.71. The smallest absolute Gasteiger partial charge is 0.124 e. The first kappa shape index (κ1) is 14.6. The van der Waals surface area contributed by atoms with Crippen LogP contribution in [0.1, 0.15) is 28.2 Å². The molecule has 0 saturated carbocycles. The summed E-state index contributed by atoms with van der Waals surface area (Å²) in [4.78, 5) is 7.96. The Morgan fingerprint density at radius 2 is 1.90 bits per heavy atom. The molecule has 0 fully saturated rings. The van der Waals surface area contributed by atoms with E-state index in [2.05, 4.69) is 36.8 Å². The minimum Gasteiger partial charge on any atom is -0.496 e. The Bertz CT molecular complexity index is 629. The van der Waals surface area contributed by atoms with Gasteiger partial charge in [0, 0.05) is 17.7 Å². The fraction of sp³-hybridized carbons (Fsp3) is 0.438. The third-order valence-electron chi connectivity index (χ3n) is 3.78. The normalized spacial score (nSPS) is 10.9. The summed E-state index contributed by atoms with van der Waals surface area (Å²) in [6.07, 6.45) is 0.805. The topological polar surface area (TPSA) is 63.9 Å². The third kappa shape index (κ3) is 2.43. The number of aromatic nitrogens is 2. The van der Waals surface area contributed by atoms with E-state index in [-0.39, 0.29) is 0 Å². The summed E-state index contributed by atoms with van der Waals surface area (Å²) in [7, 11) is 1.72. The summed E-state index contributed by atoms with van der Waals surface area (Å²) in [5.41, 5.74) is 12.5. The van der Waals surface area contributed by atoms with Gasteiger partial charge in [-0.05, 0) is 57.0 Å². The number of imidazole rings is 1. The number of benzene rings is 1. The molecule has 0 unspecified atom stereocenters. The van der Waals surface area contributed by atoms with E-state index in [1.807, 2.05) is 6.92 Å². The van der Waals surface area contributed by atoms with E-state index in [1.54, 1.807) is 7.11 Å². The Labute approximate surface area is 120 Å². The molecule has 0 radical (unpaired) electrons. The van der Waals surface area contributed by atoms with Crippen LogP contribution in [0.3, 0.4) is 0 Å². The van der Waals surface area contributed by atoms with Gasteiger partial charge in [-0.3, -0.25) is 0 Å². The van der Waals surface area contributed by atoms with Gasteiger partial charge in [0.2, 0.25) is 0 Å². The first-order chi connectivity index (χ1) is 9.49. The molecule has 1 aromatic carbocycles.